The van der Waals surface area contributed by atoms with Gasteiger partial charge in [0.25, 0.3) is 0 Å². The second-order valence-electron chi connectivity index (χ2n) is 9.29. The summed E-state index contributed by atoms with van der Waals surface area (Å²) in [5.74, 6) is 0.898. The summed E-state index contributed by atoms with van der Waals surface area (Å²) >= 11 is -4.34. The summed E-state index contributed by atoms with van der Waals surface area (Å²) in [4.78, 5) is 5.07. The average molecular weight is 503 g/mol. The Bertz CT molecular complexity index is 1130. The molecule has 0 fully saturated rings. The van der Waals surface area contributed by atoms with Crippen molar-refractivity contribution in [1.29, 1.82) is 0 Å². The first-order chi connectivity index (χ1) is 14.3. The molecule has 3 aromatic rings. The van der Waals surface area contributed by atoms with Crippen LogP contribution in [0.5, 0.6) is 5.75 Å². The summed E-state index contributed by atoms with van der Waals surface area (Å²) in [7, 11) is 0. The summed E-state index contributed by atoms with van der Waals surface area (Å²) in [6.07, 6.45) is 7.47. The van der Waals surface area contributed by atoms with Crippen LogP contribution >= 0.6 is 24.8 Å². The van der Waals surface area contributed by atoms with E-state index in [4.69, 9.17) is 8.14 Å². The normalized spacial score (nSPS) is 13.6. The standard InChI is InChI=1S/C10H14O.2C6H5.C5H5.CH2.2ClH.Ti/c1-10(2,3)8-5-4-6-9(11)7-8;2*1-2-4-6-5-3-1;1-2-4-5-3-1;;;;/h4-7,11H,1-3H3;2*1-5H;1-3H,4H2;1H2;2*1H;/q;;;;;;;+1/p-1. The molecule has 0 saturated heterocycles. The third-order valence-electron chi connectivity index (χ3n) is 6.26. The molecule has 0 aromatic heterocycles. The molecule has 0 amide bonds. The van der Waals surface area contributed by atoms with Crippen molar-refractivity contribution >= 4 is 37.4 Å². The molecular formula is C28H32Cl2OTi. The summed E-state index contributed by atoms with van der Waals surface area (Å²) in [6.45, 7) is 6.71. The molecular weight excluding hydrogens is 471 g/mol. The van der Waals surface area contributed by atoms with Crippen LogP contribution in [0.2, 0.25) is 0 Å². The van der Waals surface area contributed by atoms with Crippen LogP contribution < -0.4 is 11.1 Å². The van der Waals surface area contributed by atoms with Crippen LogP contribution in [-0.4, -0.2) is 4.82 Å². The molecule has 3 aromatic carbocycles. The molecule has 1 aliphatic rings. The topological polar surface area (TPSA) is 9.23 Å². The van der Waals surface area contributed by atoms with Gasteiger partial charge in [-0.05, 0) is 0 Å². The number of benzene rings is 3. The minimum absolute atomic E-state index is 0. The number of hydrogen-bond acceptors (Lipinski definition) is 1. The molecule has 0 atom stereocenters. The van der Waals surface area contributed by atoms with E-state index in [9.17, 15) is 0 Å². The SMILES string of the molecule is Cl.Cl.[CH2]=[Ti]([O]c1cccc(C(C)(C)C)c1)([C]1=CC=CC1)([c]1ccccc1)[c]1ccccc1. The van der Waals surface area contributed by atoms with E-state index in [1.54, 1.807) is 0 Å². The zero-order chi connectivity index (χ0) is 21.3. The molecule has 168 valence electrons. The zero-order valence-electron chi connectivity index (χ0n) is 19.0. The van der Waals surface area contributed by atoms with Gasteiger partial charge >= 0.3 is 182 Å². The quantitative estimate of drug-likeness (QED) is 0.351. The van der Waals surface area contributed by atoms with Crippen molar-refractivity contribution in [1.82, 2.24) is 0 Å². The number of rotatable bonds is 5. The van der Waals surface area contributed by atoms with E-state index < -0.39 is 15.2 Å². The van der Waals surface area contributed by atoms with E-state index in [2.05, 4.69) is 124 Å². The molecule has 1 aliphatic carbocycles. The molecule has 4 rings (SSSR count). The Morgan fingerprint density at radius 2 is 1.34 bits per heavy atom. The fraction of sp³-hybridized carbons (Fsp3) is 0.179. The van der Waals surface area contributed by atoms with Gasteiger partial charge in [0.2, 0.25) is 0 Å². The zero-order valence-corrected chi connectivity index (χ0v) is 22.1. The van der Waals surface area contributed by atoms with Crippen molar-refractivity contribution < 1.29 is 18.5 Å². The molecule has 0 bridgehead atoms. The van der Waals surface area contributed by atoms with Crippen molar-refractivity contribution in [3.8, 4) is 5.75 Å². The van der Waals surface area contributed by atoms with Gasteiger partial charge < -0.3 is 0 Å². The predicted molar refractivity (Wildman–Crippen MR) is 141 cm³/mol. The van der Waals surface area contributed by atoms with Crippen LogP contribution in [0.1, 0.15) is 32.8 Å². The van der Waals surface area contributed by atoms with Crippen LogP contribution in [0.4, 0.5) is 0 Å². The Hall–Kier alpha value is -1.90. The monoisotopic (exact) mass is 502 g/mol. The fourth-order valence-corrected chi connectivity index (χ4v) is 12.1. The summed E-state index contributed by atoms with van der Waals surface area (Å²) in [6, 6.07) is 29.9. The number of hydrogen-bond donors (Lipinski definition) is 0. The predicted octanol–water partition coefficient (Wildman–Crippen LogP) is 6.74. The van der Waals surface area contributed by atoms with Crippen LogP contribution in [0, 0.1) is 0 Å². The van der Waals surface area contributed by atoms with Crippen molar-refractivity contribution in [3.63, 3.8) is 0 Å². The Kier molecular flexibility index (Phi) is 8.18. The van der Waals surface area contributed by atoms with Gasteiger partial charge in [-0.1, -0.05) is 0 Å². The van der Waals surface area contributed by atoms with Crippen molar-refractivity contribution in [2.75, 3.05) is 0 Å². The molecule has 0 heterocycles. The van der Waals surface area contributed by atoms with Gasteiger partial charge in [-0.3, -0.25) is 0 Å². The average Bonchev–Trinajstić information content (AvgIpc) is 3.31. The molecule has 0 aliphatic heterocycles. The first kappa shape index (κ1) is 26.4. The first-order valence-electron chi connectivity index (χ1n) is 10.6. The van der Waals surface area contributed by atoms with Crippen molar-refractivity contribution in [3.05, 3.63) is 113 Å². The summed E-state index contributed by atoms with van der Waals surface area (Å²) in [5.41, 5.74) is 1.32. The molecule has 32 heavy (non-hydrogen) atoms. The van der Waals surface area contributed by atoms with Gasteiger partial charge in [-0.2, -0.15) is 0 Å². The summed E-state index contributed by atoms with van der Waals surface area (Å²) < 4.78 is 11.0. The van der Waals surface area contributed by atoms with E-state index in [1.807, 2.05) is 0 Å². The molecule has 0 N–H and O–H groups in total. The molecule has 1 nitrogen and oxygen atoms in total. The Morgan fingerprint density at radius 1 is 0.781 bits per heavy atom. The third-order valence-corrected chi connectivity index (χ3v) is 14.9. The molecule has 0 radical (unpaired) electrons. The van der Waals surface area contributed by atoms with E-state index in [0.717, 1.165) is 12.2 Å². The maximum atomic E-state index is 7.25. The van der Waals surface area contributed by atoms with Gasteiger partial charge in [0.05, 0.1) is 0 Å². The van der Waals surface area contributed by atoms with Gasteiger partial charge in [0, 0.05) is 0 Å². The second-order valence-corrected chi connectivity index (χ2v) is 16.7. The fourth-order valence-electron chi connectivity index (χ4n) is 4.43. The van der Waals surface area contributed by atoms with Crippen molar-refractivity contribution in [2.24, 2.45) is 0 Å². The van der Waals surface area contributed by atoms with E-state index in [-0.39, 0.29) is 30.2 Å². The van der Waals surface area contributed by atoms with Crippen molar-refractivity contribution in [2.45, 2.75) is 32.6 Å². The maximum absolute atomic E-state index is 7.25. The Morgan fingerprint density at radius 3 is 1.81 bits per heavy atom. The number of halogens is 2. The molecule has 0 saturated carbocycles. The second kappa shape index (κ2) is 9.93. The van der Waals surface area contributed by atoms with Crippen LogP contribution in [0.25, 0.3) is 0 Å². The molecule has 4 heteroatoms. The number of allylic oxidation sites excluding steroid dienone is 4. The van der Waals surface area contributed by atoms with E-state index in [1.165, 1.54) is 17.2 Å². The van der Waals surface area contributed by atoms with Gasteiger partial charge in [0.15, 0.2) is 0 Å². The minimum atomic E-state index is -4.34. The van der Waals surface area contributed by atoms with Crippen LogP contribution in [-0.2, 0) is 20.6 Å². The summed E-state index contributed by atoms with van der Waals surface area (Å²) in [5, 5.41) is 0. The molecule has 0 spiro atoms. The van der Waals surface area contributed by atoms with E-state index in [0.29, 0.717) is 0 Å². The van der Waals surface area contributed by atoms with Crippen LogP contribution in [0.15, 0.2) is 107 Å². The molecule has 0 unspecified atom stereocenters. The third kappa shape index (κ3) is 4.59. The van der Waals surface area contributed by atoms with E-state index >= 15 is 0 Å². The Balaban J connectivity index is 0.00000181. The van der Waals surface area contributed by atoms with Gasteiger partial charge in [-0.25, -0.2) is 0 Å². The van der Waals surface area contributed by atoms with Gasteiger partial charge in [0.1, 0.15) is 0 Å². The van der Waals surface area contributed by atoms with Gasteiger partial charge in [-0.15, -0.1) is 24.8 Å². The Labute approximate surface area is 205 Å². The first-order valence-corrected chi connectivity index (χ1v) is 14.7. The van der Waals surface area contributed by atoms with Crippen LogP contribution in [0.3, 0.4) is 0 Å².